The number of aliphatic hydroxyl groups excluding tert-OH is 1. The van der Waals surface area contributed by atoms with Crippen molar-refractivity contribution in [2.24, 2.45) is 0 Å². The van der Waals surface area contributed by atoms with Crippen LogP contribution < -0.4 is 5.32 Å². The molecule has 3 rings (SSSR count). The van der Waals surface area contributed by atoms with E-state index in [1.807, 2.05) is 0 Å². The Balaban J connectivity index is 1.50. The topological polar surface area (TPSA) is 52.6 Å². The zero-order valence-corrected chi connectivity index (χ0v) is 14.1. The third-order valence-corrected chi connectivity index (χ3v) is 5.35. The average molecular weight is 337 g/mol. The van der Waals surface area contributed by atoms with Gasteiger partial charge in [0, 0.05) is 35.8 Å². The number of rotatable bonds is 3. The van der Waals surface area contributed by atoms with Crippen LogP contribution in [-0.4, -0.2) is 47.2 Å². The van der Waals surface area contributed by atoms with Gasteiger partial charge in [0.05, 0.1) is 6.10 Å². The van der Waals surface area contributed by atoms with E-state index >= 15 is 0 Å². The van der Waals surface area contributed by atoms with Crippen molar-refractivity contribution in [3.05, 3.63) is 34.9 Å². The van der Waals surface area contributed by atoms with Gasteiger partial charge in [0.1, 0.15) is 0 Å². The van der Waals surface area contributed by atoms with Crippen molar-refractivity contribution in [1.82, 2.24) is 10.2 Å². The van der Waals surface area contributed by atoms with E-state index in [4.69, 9.17) is 11.6 Å². The molecule has 1 aliphatic heterocycles. The number of nitrogens with zero attached hydrogens (tertiary/aromatic N) is 1. The molecule has 1 saturated heterocycles. The largest absolute Gasteiger partial charge is 0.391 e. The van der Waals surface area contributed by atoms with Gasteiger partial charge in [-0.1, -0.05) is 30.5 Å². The number of carbonyl (C=O) groups is 1. The molecule has 0 aromatic heterocycles. The lowest BCUT2D eigenvalue weighted by molar-refractivity contribution is 0.00727. The lowest BCUT2D eigenvalue weighted by Gasteiger charge is -2.41. The highest BCUT2D eigenvalue weighted by Crippen LogP contribution is 2.26. The maximum Gasteiger partial charge on any atom is 0.251 e. The molecule has 1 aromatic carbocycles. The van der Waals surface area contributed by atoms with E-state index in [9.17, 15) is 9.90 Å². The first-order valence-electron chi connectivity index (χ1n) is 8.62. The zero-order valence-electron chi connectivity index (χ0n) is 13.4. The van der Waals surface area contributed by atoms with Crippen molar-refractivity contribution >= 4 is 17.5 Å². The zero-order chi connectivity index (χ0) is 16.2. The van der Waals surface area contributed by atoms with E-state index in [1.165, 1.54) is 6.42 Å². The number of nitrogens with one attached hydrogen (secondary N) is 1. The Kier molecular flexibility index (Phi) is 5.57. The van der Waals surface area contributed by atoms with E-state index < -0.39 is 0 Å². The van der Waals surface area contributed by atoms with Gasteiger partial charge in [0.15, 0.2) is 0 Å². The molecule has 0 bridgehead atoms. The average Bonchev–Trinajstić information content (AvgIpc) is 2.56. The second kappa shape index (κ2) is 7.65. The number of halogens is 1. The van der Waals surface area contributed by atoms with Crippen LogP contribution in [-0.2, 0) is 0 Å². The van der Waals surface area contributed by atoms with Gasteiger partial charge in [-0.3, -0.25) is 9.69 Å². The smallest absolute Gasteiger partial charge is 0.251 e. The fourth-order valence-electron chi connectivity index (χ4n) is 3.79. The van der Waals surface area contributed by atoms with E-state index in [0.717, 1.165) is 45.2 Å². The number of hydrogen-bond acceptors (Lipinski definition) is 3. The SMILES string of the molecule is O=C(NC1CCN(C2CCCCC2O)CC1)c1cccc(Cl)c1. The summed E-state index contributed by atoms with van der Waals surface area (Å²) in [4.78, 5) is 14.7. The molecule has 2 unspecified atom stereocenters. The van der Waals surface area contributed by atoms with Crippen molar-refractivity contribution < 1.29 is 9.90 Å². The van der Waals surface area contributed by atoms with Crippen LogP contribution in [0.2, 0.25) is 5.02 Å². The standard InChI is InChI=1S/C18H25ClN2O2/c19-14-5-3-4-13(12-14)18(23)20-15-8-10-21(11-9-15)16-6-1-2-7-17(16)22/h3-5,12,15-17,22H,1-2,6-11H2,(H,20,23). The number of benzene rings is 1. The lowest BCUT2D eigenvalue weighted by Crippen LogP contribution is -2.52. The first kappa shape index (κ1) is 16.7. The first-order valence-corrected chi connectivity index (χ1v) is 9.00. The van der Waals surface area contributed by atoms with Crippen molar-refractivity contribution in [3.8, 4) is 0 Å². The predicted octanol–water partition coefficient (Wildman–Crippen LogP) is 2.84. The molecule has 1 aromatic rings. The number of amides is 1. The van der Waals surface area contributed by atoms with Crippen LogP contribution in [0.5, 0.6) is 0 Å². The third kappa shape index (κ3) is 4.25. The normalized spacial score (nSPS) is 26.9. The minimum atomic E-state index is -0.179. The molecule has 5 heteroatoms. The van der Waals surface area contributed by atoms with Crippen LogP contribution in [0.1, 0.15) is 48.9 Å². The summed E-state index contributed by atoms with van der Waals surface area (Å²) in [6.07, 6.45) is 6.08. The van der Waals surface area contributed by atoms with Gasteiger partial charge >= 0.3 is 0 Å². The van der Waals surface area contributed by atoms with Crippen LogP contribution in [0, 0.1) is 0 Å². The van der Waals surface area contributed by atoms with Gasteiger partial charge in [0.2, 0.25) is 0 Å². The third-order valence-electron chi connectivity index (χ3n) is 5.11. The molecule has 2 N–H and O–H groups in total. The Hall–Kier alpha value is -1.10. The van der Waals surface area contributed by atoms with Gasteiger partial charge in [-0.25, -0.2) is 0 Å². The molecular weight excluding hydrogens is 312 g/mol. The van der Waals surface area contributed by atoms with Crippen LogP contribution in [0.3, 0.4) is 0 Å². The minimum absolute atomic E-state index is 0.0522. The molecule has 2 fully saturated rings. The molecule has 4 nitrogen and oxygen atoms in total. The molecule has 0 spiro atoms. The van der Waals surface area contributed by atoms with Crippen molar-refractivity contribution in [3.63, 3.8) is 0 Å². The number of piperidine rings is 1. The quantitative estimate of drug-likeness (QED) is 0.892. The van der Waals surface area contributed by atoms with Crippen molar-refractivity contribution in [1.29, 1.82) is 0 Å². The van der Waals surface area contributed by atoms with E-state index in [1.54, 1.807) is 24.3 Å². The Morgan fingerprint density at radius 3 is 2.61 bits per heavy atom. The highest BCUT2D eigenvalue weighted by Gasteiger charge is 2.31. The minimum Gasteiger partial charge on any atom is -0.391 e. The van der Waals surface area contributed by atoms with E-state index in [-0.39, 0.29) is 18.1 Å². The maximum atomic E-state index is 12.3. The van der Waals surface area contributed by atoms with E-state index in [0.29, 0.717) is 16.6 Å². The van der Waals surface area contributed by atoms with Gasteiger partial charge in [-0.05, 0) is 43.9 Å². The van der Waals surface area contributed by atoms with Crippen molar-refractivity contribution in [2.75, 3.05) is 13.1 Å². The first-order chi connectivity index (χ1) is 11.1. The molecule has 2 aliphatic rings. The number of carbonyl (C=O) groups excluding carboxylic acids is 1. The summed E-state index contributed by atoms with van der Waals surface area (Å²) >= 11 is 5.94. The number of aliphatic hydroxyl groups is 1. The predicted molar refractivity (Wildman–Crippen MR) is 91.8 cm³/mol. The Bertz CT molecular complexity index is 544. The monoisotopic (exact) mass is 336 g/mol. The molecule has 1 amide bonds. The van der Waals surface area contributed by atoms with Gasteiger partial charge in [-0.15, -0.1) is 0 Å². The molecule has 23 heavy (non-hydrogen) atoms. The highest BCUT2D eigenvalue weighted by molar-refractivity contribution is 6.30. The number of likely N-dealkylation sites (tertiary alicyclic amines) is 1. The summed E-state index contributed by atoms with van der Waals surface area (Å²) in [5.74, 6) is -0.0522. The number of hydrogen-bond donors (Lipinski definition) is 2. The lowest BCUT2D eigenvalue weighted by atomic mass is 9.89. The molecule has 1 saturated carbocycles. The second-order valence-corrected chi connectivity index (χ2v) is 7.15. The molecule has 0 radical (unpaired) electrons. The summed E-state index contributed by atoms with van der Waals surface area (Å²) in [6, 6.07) is 7.57. The van der Waals surface area contributed by atoms with Crippen LogP contribution in [0.4, 0.5) is 0 Å². The molecular formula is C18H25ClN2O2. The van der Waals surface area contributed by atoms with E-state index in [2.05, 4.69) is 10.2 Å². The summed E-state index contributed by atoms with van der Waals surface area (Å²) in [7, 11) is 0. The molecule has 1 heterocycles. The molecule has 2 atom stereocenters. The second-order valence-electron chi connectivity index (χ2n) is 6.71. The maximum absolute atomic E-state index is 12.3. The molecule has 1 aliphatic carbocycles. The fourth-order valence-corrected chi connectivity index (χ4v) is 3.98. The van der Waals surface area contributed by atoms with Crippen molar-refractivity contribution in [2.45, 2.75) is 56.7 Å². The van der Waals surface area contributed by atoms with Gasteiger partial charge in [-0.2, -0.15) is 0 Å². The van der Waals surface area contributed by atoms with Crippen LogP contribution in [0.15, 0.2) is 24.3 Å². The Morgan fingerprint density at radius 2 is 1.91 bits per heavy atom. The highest BCUT2D eigenvalue weighted by atomic mass is 35.5. The van der Waals surface area contributed by atoms with Gasteiger partial charge in [0.25, 0.3) is 5.91 Å². The van der Waals surface area contributed by atoms with Crippen LogP contribution in [0.25, 0.3) is 0 Å². The fraction of sp³-hybridized carbons (Fsp3) is 0.611. The summed E-state index contributed by atoms with van der Waals surface area (Å²) in [5, 5.41) is 13.9. The summed E-state index contributed by atoms with van der Waals surface area (Å²) in [5.41, 5.74) is 0.614. The van der Waals surface area contributed by atoms with Gasteiger partial charge < -0.3 is 10.4 Å². The van der Waals surface area contributed by atoms with Crippen LogP contribution >= 0.6 is 11.6 Å². The molecule has 126 valence electrons. The summed E-state index contributed by atoms with van der Waals surface area (Å²) in [6.45, 7) is 1.89. The Labute approximate surface area is 142 Å². The summed E-state index contributed by atoms with van der Waals surface area (Å²) < 4.78 is 0. The Morgan fingerprint density at radius 1 is 1.17 bits per heavy atom.